The molecule has 0 saturated carbocycles. The van der Waals surface area contributed by atoms with E-state index >= 15 is 0 Å². The van der Waals surface area contributed by atoms with Crippen molar-refractivity contribution in [1.82, 2.24) is 14.7 Å². The molecule has 2 amide bonds. The Morgan fingerprint density at radius 2 is 1.71 bits per heavy atom. The smallest absolute Gasteiger partial charge is 0.254 e. The van der Waals surface area contributed by atoms with Gasteiger partial charge in [-0.1, -0.05) is 52.3 Å². The molecule has 0 fully saturated rings. The van der Waals surface area contributed by atoms with E-state index in [0.717, 1.165) is 30.0 Å². The first-order valence-electron chi connectivity index (χ1n) is 12.2. The summed E-state index contributed by atoms with van der Waals surface area (Å²) in [4.78, 5) is 27.6. The van der Waals surface area contributed by atoms with Crippen LogP contribution in [-0.4, -0.2) is 46.2 Å². The van der Waals surface area contributed by atoms with Crippen LogP contribution in [0.25, 0.3) is 5.69 Å². The minimum atomic E-state index is -0.280. The number of para-hydroxylation sites is 1. The van der Waals surface area contributed by atoms with Gasteiger partial charge in [0.25, 0.3) is 5.91 Å². The molecule has 0 radical (unpaired) electrons. The fraction of sp³-hybridized carbons (Fsp3) is 0.393. The maximum absolute atomic E-state index is 13.0. The Morgan fingerprint density at radius 1 is 1.03 bits per heavy atom. The van der Waals surface area contributed by atoms with Crippen LogP contribution < -0.4 is 10.1 Å². The van der Waals surface area contributed by atoms with Gasteiger partial charge in [-0.05, 0) is 49.7 Å². The lowest BCUT2D eigenvalue weighted by atomic mass is 9.92. The number of aromatic nitrogens is 2. The normalized spacial score (nSPS) is 11.2. The molecule has 0 bridgehead atoms. The highest BCUT2D eigenvalue weighted by atomic mass is 16.5. The van der Waals surface area contributed by atoms with Crippen molar-refractivity contribution in [2.45, 2.75) is 52.9 Å². The average Bonchev–Trinajstić information content (AvgIpc) is 3.27. The average molecular weight is 477 g/mol. The molecule has 3 rings (SSSR count). The lowest BCUT2D eigenvalue weighted by Gasteiger charge is -2.20. The molecule has 35 heavy (non-hydrogen) atoms. The highest BCUT2D eigenvalue weighted by molar-refractivity contribution is 5.99. The lowest BCUT2D eigenvalue weighted by Crippen LogP contribution is -2.38. The molecular weight excluding hydrogens is 440 g/mol. The second-order valence-electron chi connectivity index (χ2n) is 9.51. The van der Waals surface area contributed by atoms with E-state index in [1.165, 1.54) is 4.90 Å². The first-order valence-corrected chi connectivity index (χ1v) is 12.2. The monoisotopic (exact) mass is 476 g/mol. The zero-order valence-electron chi connectivity index (χ0n) is 21.4. The number of benzene rings is 2. The zero-order valence-corrected chi connectivity index (χ0v) is 21.4. The van der Waals surface area contributed by atoms with Crippen molar-refractivity contribution in [2.75, 3.05) is 25.0 Å². The number of likely N-dealkylation sites (N-methyl/N-ethyl adjacent to an activating group) is 1. The number of anilines is 1. The third-order valence-electron chi connectivity index (χ3n) is 5.62. The van der Waals surface area contributed by atoms with Crippen molar-refractivity contribution in [3.05, 3.63) is 71.9 Å². The number of carbonyl (C=O) groups is 2. The van der Waals surface area contributed by atoms with Gasteiger partial charge in [0.05, 0.1) is 18.0 Å². The van der Waals surface area contributed by atoms with Crippen LogP contribution >= 0.6 is 0 Å². The number of nitrogens with one attached hydrogen (secondary N) is 1. The minimum absolute atomic E-state index is 0.0606. The van der Waals surface area contributed by atoms with E-state index in [2.05, 4.69) is 33.0 Å². The summed E-state index contributed by atoms with van der Waals surface area (Å²) in [5.74, 6) is 0.829. The van der Waals surface area contributed by atoms with Crippen LogP contribution in [0.1, 0.15) is 63.5 Å². The zero-order chi connectivity index (χ0) is 25.4. The molecule has 0 aliphatic heterocycles. The Hall–Kier alpha value is -3.61. The summed E-state index contributed by atoms with van der Waals surface area (Å²) in [5, 5.41) is 7.69. The molecule has 186 valence electrons. The van der Waals surface area contributed by atoms with Gasteiger partial charge in [-0.2, -0.15) is 5.10 Å². The second-order valence-corrected chi connectivity index (χ2v) is 9.51. The van der Waals surface area contributed by atoms with E-state index in [0.29, 0.717) is 24.5 Å². The van der Waals surface area contributed by atoms with Crippen molar-refractivity contribution in [1.29, 1.82) is 0 Å². The number of hydrogen-bond acceptors (Lipinski definition) is 4. The van der Waals surface area contributed by atoms with E-state index in [4.69, 9.17) is 9.84 Å². The van der Waals surface area contributed by atoms with Crippen molar-refractivity contribution >= 4 is 17.6 Å². The van der Waals surface area contributed by atoms with Gasteiger partial charge < -0.3 is 15.0 Å². The van der Waals surface area contributed by atoms with Crippen LogP contribution in [-0.2, 0) is 10.2 Å². The minimum Gasteiger partial charge on any atom is -0.494 e. The molecule has 0 aliphatic carbocycles. The summed E-state index contributed by atoms with van der Waals surface area (Å²) in [6, 6.07) is 18.6. The molecule has 0 atom stereocenters. The highest BCUT2D eigenvalue weighted by Crippen LogP contribution is 2.26. The van der Waals surface area contributed by atoms with Crippen LogP contribution in [0.15, 0.2) is 60.7 Å². The lowest BCUT2D eigenvalue weighted by molar-refractivity contribution is -0.116. The second kappa shape index (κ2) is 11.7. The SMILES string of the molecule is CCCCOc1ccc(C(=O)N(CC)CC(=O)Nc2cc(C(C)(C)C)nn2-c2ccccc2)cc1. The third kappa shape index (κ3) is 6.94. The number of amides is 2. The van der Waals surface area contributed by atoms with Crippen molar-refractivity contribution in [2.24, 2.45) is 0 Å². The maximum atomic E-state index is 13.0. The quantitative estimate of drug-likeness (QED) is 0.395. The van der Waals surface area contributed by atoms with Gasteiger partial charge in [0.15, 0.2) is 0 Å². The van der Waals surface area contributed by atoms with E-state index in [1.807, 2.05) is 43.3 Å². The predicted molar refractivity (Wildman–Crippen MR) is 139 cm³/mol. The molecule has 0 aliphatic rings. The van der Waals surface area contributed by atoms with Gasteiger partial charge in [-0.15, -0.1) is 0 Å². The molecule has 3 aromatic rings. The highest BCUT2D eigenvalue weighted by Gasteiger charge is 2.23. The topological polar surface area (TPSA) is 76.5 Å². The standard InChI is InChI=1S/C28H36N4O3/c1-6-8-18-35-23-16-14-21(15-17-23)27(34)31(7-2)20-26(33)29-25-19-24(28(3,4)5)30-32(25)22-12-10-9-11-13-22/h9-17,19H,6-8,18,20H2,1-5H3,(H,29,33). The Balaban J connectivity index is 1.72. The van der Waals surface area contributed by atoms with Crippen molar-refractivity contribution in [3.63, 3.8) is 0 Å². The molecule has 0 unspecified atom stereocenters. The van der Waals surface area contributed by atoms with Gasteiger partial charge in [-0.25, -0.2) is 4.68 Å². The number of nitrogens with zero attached hydrogens (tertiary/aromatic N) is 3. The summed E-state index contributed by atoms with van der Waals surface area (Å²) < 4.78 is 7.41. The summed E-state index contributed by atoms with van der Waals surface area (Å²) >= 11 is 0. The maximum Gasteiger partial charge on any atom is 0.254 e. The van der Waals surface area contributed by atoms with Gasteiger partial charge in [0.1, 0.15) is 18.1 Å². The molecule has 0 saturated heterocycles. The molecule has 7 heteroatoms. The summed E-state index contributed by atoms with van der Waals surface area (Å²) in [7, 11) is 0. The van der Waals surface area contributed by atoms with Crippen molar-refractivity contribution < 1.29 is 14.3 Å². The van der Waals surface area contributed by atoms with E-state index < -0.39 is 0 Å². The summed E-state index contributed by atoms with van der Waals surface area (Å²) in [6.07, 6.45) is 2.05. The Bertz CT molecular complexity index is 1120. The number of carbonyl (C=O) groups excluding carboxylic acids is 2. The molecule has 1 N–H and O–H groups in total. The van der Waals surface area contributed by atoms with E-state index in [1.54, 1.807) is 28.9 Å². The van der Waals surface area contributed by atoms with Gasteiger partial charge in [-0.3, -0.25) is 9.59 Å². The first-order chi connectivity index (χ1) is 16.7. The van der Waals surface area contributed by atoms with Gasteiger partial charge in [0, 0.05) is 23.6 Å². The Kier molecular flexibility index (Phi) is 8.68. The number of ether oxygens (including phenoxy) is 1. The Labute approximate surface area is 208 Å². The molecule has 7 nitrogen and oxygen atoms in total. The predicted octanol–water partition coefficient (Wildman–Crippen LogP) is 5.45. The molecule has 0 spiro atoms. The molecule has 2 aromatic carbocycles. The van der Waals surface area contributed by atoms with Crippen LogP contribution in [0.2, 0.25) is 0 Å². The van der Waals surface area contributed by atoms with Crippen molar-refractivity contribution in [3.8, 4) is 11.4 Å². The third-order valence-corrected chi connectivity index (χ3v) is 5.62. The van der Waals surface area contributed by atoms with E-state index in [-0.39, 0.29) is 23.8 Å². The summed E-state index contributed by atoms with van der Waals surface area (Å²) in [5.41, 5.74) is 2.05. The van der Waals surface area contributed by atoms with Crippen LogP contribution in [0, 0.1) is 0 Å². The number of hydrogen-bond donors (Lipinski definition) is 1. The fourth-order valence-corrected chi connectivity index (χ4v) is 3.50. The van der Waals surface area contributed by atoms with Crippen LogP contribution in [0.4, 0.5) is 5.82 Å². The molecular formula is C28H36N4O3. The molecule has 1 aromatic heterocycles. The van der Waals surface area contributed by atoms with Crippen LogP contribution in [0.3, 0.4) is 0 Å². The Morgan fingerprint density at radius 3 is 2.31 bits per heavy atom. The van der Waals surface area contributed by atoms with E-state index in [9.17, 15) is 9.59 Å². The largest absolute Gasteiger partial charge is 0.494 e. The first kappa shape index (κ1) is 26.0. The fourth-order valence-electron chi connectivity index (χ4n) is 3.50. The number of rotatable bonds is 10. The molecule has 1 heterocycles. The summed E-state index contributed by atoms with van der Waals surface area (Å²) in [6.45, 7) is 11.2. The van der Waals surface area contributed by atoms with Crippen LogP contribution in [0.5, 0.6) is 5.75 Å². The van der Waals surface area contributed by atoms with Gasteiger partial charge in [0.2, 0.25) is 5.91 Å². The van der Waals surface area contributed by atoms with Gasteiger partial charge >= 0.3 is 0 Å². The number of unbranched alkanes of at least 4 members (excludes halogenated alkanes) is 1.